The van der Waals surface area contributed by atoms with E-state index in [0.29, 0.717) is 22.6 Å². The number of rotatable bonds is 7. The number of pyridine rings is 1. The van der Waals surface area contributed by atoms with E-state index >= 15 is 0 Å². The van der Waals surface area contributed by atoms with Gasteiger partial charge in [0.15, 0.2) is 0 Å². The first-order valence-electron chi connectivity index (χ1n) is 8.87. The van der Waals surface area contributed by atoms with Gasteiger partial charge in [-0.2, -0.15) is 0 Å². The minimum absolute atomic E-state index is 0.0450. The molecule has 1 unspecified atom stereocenters. The standard InChI is InChI=1S/C21H19N3O5/c1-13-3-5-14(6-4-13)20(25)19-10-9-18(23(19)2)17(21(26)27)11-15-7-8-16(12-22-15)24(28)29/h3-10,12,17H,11H2,1-2H3,(H,26,27). The minimum Gasteiger partial charge on any atom is -0.481 e. The highest BCUT2D eigenvalue weighted by atomic mass is 16.6. The van der Waals surface area contributed by atoms with Crippen LogP contribution in [-0.4, -0.2) is 31.3 Å². The molecule has 0 amide bonds. The zero-order chi connectivity index (χ0) is 21.1. The number of aliphatic carboxylic acids is 1. The summed E-state index contributed by atoms with van der Waals surface area (Å²) in [6.07, 6.45) is 1.15. The number of aryl methyl sites for hydroxylation is 1. The van der Waals surface area contributed by atoms with Gasteiger partial charge in [0.05, 0.1) is 10.6 Å². The zero-order valence-electron chi connectivity index (χ0n) is 15.9. The second-order valence-electron chi connectivity index (χ2n) is 6.76. The number of aromatic nitrogens is 2. The van der Waals surface area contributed by atoms with Gasteiger partial charge in [-0.1, -0.05) is 29.8 Å². The molecule has 0 aliphatic heterocycles. The average Bonchev–Trinajstić information content (AvgIpc) is 3.07. The molecule has 3 aromatic rings. The highest BCUT2D eigenvalue weighted by Gasteiger charge is 2.26. The van der Waals surface area contributed by atoms with Crippen molar-refractivity contribution in [2.45, 2.75) is 19.3 Å². The molecule has 1 aromatic carbocycles. The fourth-order valence-corrected chi connectivity index (χ4v) is 3.13. The molecular weight excluding hydrogens is 374 g/mol. The van der Waals surface area contributed by atoms with Gasteiger partial charge < -0.3 is 9.67 Å². The molecule has 148 valence electrons. The van der Waals surface area contributed by atoms with E-state index in [1.54, 1.807) is 35.9 Å². The molecule has 0 radical (unpaired) electrons. The van der Waals surface area contributed by atoms with E-state index in [1.165, 1.54) is 12.1 Å². The third-order valence-electron chi connectivity index (χ3n) is 4.80. The highest BCUT2D eigenvalue weighted by molar-refractivity contribution is 6.08. The monoisotopic (exact) mass is 393 g/mol. The molecule has 8 heteroatoms. The van der Waals surface area contributed by atoms with E-state index in [-0.39, 0.29) is 17.9 Å². The molecule has 8 nitrogen and oxygen atoms in total. The maximum atomic E-state index is 12.8. The van der Waals surface area contributed by atoms with Crippen molar-refractivity contribution in [1.29, 1.82) is 0 Å². The molecule has 0 aliphatic rings. The number of ketones is 1. The summed E-state index contributed by atoms with van der Waals surface area (Å²) < 4.78 is 1.58. The summed E-state index contributed by atoms with van der Waals surface area (Å²) in [5.74, 6) is -2.22. The number of nitro groups is 1. The van der Waals surface area contributed by atoms with Crippen LogP contribution in [0.5, 0.6) is 0 Å². The molecule has 29 heavy (non-hydrogen) atoms. The average molecular weight is 393 g/mol. The summed E-state index contributed by atoms with van der Waals surface area (Å²) in [5, 5.41) is 20.5. The van der Waals surface area contributed by atoms with Crippen LogP contribution in [0.4, 0.5) is 5.69 Å². The van der Waals surface area contributed by atoms with Crippen LogP contribution < -0.4 is 0 Å². The second-order valence-corrected chi connectivity index (χ2v) is 6.76. The lowest BCUT2D eigenvalue weighted by Crippen LogP contribution is -2.19. The fourth-order valence-electron chi connectivity index (χ4n) is 3.13. The Morgan fingerprint density at radius 1 is 1.14 bits per heavy atom. The second kappa shape index (κ2) is 8.05. The SMILES string of the molecule is Cc1ccc(C(=O)c2ccc(C(Cc3ccc([N+](=O)[O-])cn3)C(=O)O)n2C)cc1. The summed E-state index contributed by atoms with van der Waals surface area (Å²) in [4.78, 5) is 38.9. The van der Waals surface area contributed by atoms with Crippen LogP contribution in [0.2, 0.25) is 0 Å². The number of carboxylic acids is 1. The van der Waals surface area contributed by atoms with E-state index in [9.17, 15) is 24.8 Å². The number of hydrogen-bond donors (Lipinski definition) is 1. The molecule has 0 bridgehead atoms. The van der Waals surface area contributed by atoms with Crippen molar-refractivity contribution in [3.05, 3.63) is 93.1 Å². The van der Waals surface area contributed by atoms with Gasteiger partial charge in [-0.05, 0) is 25.1 Å². The lowest BCUT2D eigenvalue weighted by Gasteiger charge is -2.15. The Bertz CT molecular complexity index is 1070. The zero-order valence-corrected chi connectivity index (χ0v) is 15.9. The Labute approximate surface area is 166 Å². The third-order valence-corrected chi connectivity index (χ3v) is 4.80. The molecule has 2 heterocycles. The Balaban J connectivity index is 1.88. The number of nitrogens with zero attached hydrogens (tertiary/aromatic N) is 3. The molecular formula is C21H19N3O5. The molecule has 0 fully saturated rings. The summed E-state index contributed by atoms with van der Waals surface area (Å²) >= 11 is 0. The predicted molar refractivity (Wildman–Crippen MR) is 105 cm³/mol. The smallest absolute Gasteiger partial charge is 0.312 e. The van der Waals surface area contributed by atoms with Gasteiger partial charge in [-0.25, -0.2) is 0 Å². The number of carboxylic acid groups (broad SMARTS) is 1. The van der Waals surface area contributed by atoms with E-state index in [2.05, 4.69) is 4.98 Å². The largest absolute Gasteiger partial charge is 0.481 e. The number of carbonyl (C=O) groups excluding carboxylic acids is 1. The van der Waals surface area contributed by atoms with Crippen molar-refractivity contribution in [2.75, 3.05) is 0 Å². The van der Waals surface area contributed by atoms with E-state index < -0.39 is 16.8 Å². The van der Waals surface area contributed by atoms with Gasteiger partial charge >= 0.3 is 5.97 Å². The van der Waals surface area contributed by atoms with Crippen molar-refractivity contribution in [1.82, 2.24) is 9.55 Å². The molecule has 0 saturated heterocycles. The van der Waals surface area contributed by atoms with Crippen molar-refractivity contribution < 1.29 is 19.6 Å². The van der Waals surface area contributed by atoms with Crippen LogP contribution in [0, 0.1) is 17.0 Å². The maximum Gasteiger partial charge on any atom is 0.312 e. The topological polar surface area (TPSA) is 115 Å². The number of hydrogen-bond acceptors (Lipinski definition) is 5. The van der Waals surface area contributed by atoms with Crippen LogP contribution in [0.1, 0.15) is 38.9 Å². The first kappa shape index (κ1) is 19.9. The molecule has 3 rings (SSSR count). The van der Waals surface area contributed by atoms with Crippen molar-refractivity contribution in [3.8, 4) is 0 Å². The minimum atomic E-state index is -1.07. The van der Waals surface area contributed by atoms with Gasteiger partial charge in [0.25, 0.3) is 5.69 Å². The van der Waals surface area contributed by atoms with Crippen LogP contribution in [0.3, 0.4) is 0 Å². The van der Waals surface area contributed by atoms with Crippen molar-refractivity contribution >= 4 is 17.4 Å². The quantitative estimate of drug-likeness (QED) is 0.374. The van der Waals surface area contributed by atoms with E-state index in [0.717, 1.165) is 11.8 Å². The molecule has 1 atom stereocenters. The van der Waals surface area contributed by atoms with E-state index in [4.69, 9.17) is 0 Å². The lowest BCUT2D eigenvalue weighted by molar-refractivity contribution is -0.385. The van der Waals surface area contributed by atoms with Crippen LogP contribution >= 0.6 is 0 Å². The van der Waals surface area contributed by atoms with Crippen LogP contribution in [0.25, 0.3) is 0 Å². The van der Waals surface area contributed by atoms with Crippen LogP contribution in [-0.2, 0) is 18.3 Å². The Morgan fingerprint density at radius 2 is 1.83 bits per heavy atom. The van der Waals surface area contributed by atoms with Crippen molar-refractivity contribution in [3.63, 3.8) is 0 Å². The molecule has 1 N–H and O–H groups in total. The van der Waals surface area contributed by atoms with Gasteiger partial charge in [0, 0.05) is 36.5 Å². The van der Waals surface area contributed by atoms with Gasteiger partial charge in [0.1, 0.15) is 12.1 Å². The van der Waals surface area contributed by atoms with Crippen LogP contribution in [0.15, 0.2) is 54.7 Å². The summed E-state index contributed by atoms with van der Waals surface area (Å²) in [6, 6.07) is 13.1. The third kappa shape index (κ3) is 4.21. The molecule has 0 aliphatic carbocycles. The van der Waals surface area contributed by atoms with Crippen molar-refractivity contribution in [2.24, 2.45) is 7.05 Å². The Hall–Kier alpha value is -3.81. The first-order valence-corrected chi connectivity index (χ1v) is 8.87. The van der Waals surface area contributed by atoms with Gasteiger partial charge in [-0.3, -0.25) is 24.7 Å². The van der Waals surface area contributed by atoms with E-state index in [1.807, 2.05) is 19.1 Å². The Morgan fingerprint density at radius 3 is 2.38 bits per heavy atom. The molecule has 0 saturated carbocycles. The first-order chi connectivity index (χ1) is 13.8. The van der Waals surface area contributed by atoms with Gasteiger partial charge in [-0.15, -0.1) is 0 Å². The number of benzene rings is 1. The summed E-state index contributed by atoms with van der Waals surface area (Å²) in [5.41, 5.74) is 2.64. The summed E-state index contributed by atoms with van der Waals surface area (Å²) in [6.45, 7) is 1.93. The normalized spacial score (nSPS) is 11.8. The Kier molecular flexibility index (Phi) is 5.54. The molecule has 0 spiro atoms. The lowest BCUT2D eigenvalue weighted by atomic mass is 9.99. The van der Waals surface area contributed by atoms with Gasteiger partial charge in [0.2, 0.25) is 5.78 Å². The molecule has 2 aromatic heterocycles. The maximum absolute atomic E-state index is 12.8. The number of carbonyl (C=O) groups is 2. The summed E-state index contributed by atoms with van der Waals surface area (Å²) in [7, 11) is 1.65. The fraction of sp³-hybridized carbons (Fsp3) is 0.190. The highest BCUT2D eigenvalue weighted by Crippen LogP contribution is 2.24. The predicted octanol–water partition coefficient (Wildman–Crippen LogP) is 3.28.